The Morgan fingerprint density at radius 2 is 1.77 bits per heavy atom. The van der Waals surface area contributed by atoms with E-state index in [0.717, 1.165) is 6.42 Å². The van der Waals surface area contributed by atoms with Gasteiger partial charge in [0.1, 0.15) is 5.58 Å². The molecular formula is C17H14N2O3. The summed E-state index contributed by atoms with van der Waals surface area (Å²) >= 11 is 0. The average Bonchev–Trinajstić information content (AvgIpc) is 2.55. The van der Waals surface area contributed by atoms with Crippen LogP contribution in [0.15, 0.2) is 68.0 Å². The Labute approximate surface area is 126 Å². The van der Waals surface area contributed by atoms with Crippen LogP contribution in [0.4, 0.5) is 11.4 Å². The van der Waals surface area contributed by atoms with Gasteiger partial charge in [-0.25, -0.2) is 4.79 Å². The van der Waals surface area contributed by atoms with Crippen molar-refractivity contribution in [3.05, 3.63) is 64.5 Å². The number of rotatable bonds is 3. The number of azo groups is 1. The van der Waals surface area contributed by atoms with E-state index in [1.165, 1.54) is 5.56 Å². The lowest BCUT2D eigenvalue weighted by atomic mass is 10.2. The van der Waals surface area contributed by atoms with Gasteiger partial charge in [-0.3, -0.25) is 0 Å². The lowest BCUT2D eigenvalue weighted by Gasteiger charge is -2.01. The summed E-state index contributed by atoms with van der Waals surface area (Å²) in [6.45, 7) is 2.06. The molecule has 5 nitrogen and oxygen atoms in total. The van der Waals surface area contributed by atoms with E-state index in [0.29, 0.717) is 16.7 Å². The van der Waals surface area contributed by atoms with Gasteiger partial charge < -0.3 is 9.52 Å². The molecular weight excluding hydrogens is 280 g/mol. The van der Waals surface area contributed by atoms with Crippen molar-refractivity contribution in [2.75, 3.05) is 0 Å². The quantitative estimate of drug-likeness (QED) is 0.571. The molecule has 0 unspecified atom stereocenters. The third kappa shape index (κ3) is 2.61. The molecule has 0 aliphatic carbocycles. The van der Waals surface area contributed by atoms with Crippen LogP contribution in [0, 0.1) is 0 Å². The van der Waals surface area contributed by atoms with Crippen LogP contribution >= 0.6 is 0 Å². The van der Waals surface area contributed by atoms with E-state index < -0.39 is 5.63 Å². The monoisotopic (exact) mass is 294 g/mol. The predicted molar refractivity (Wildman–Crippen MR) is 84.1 cm³/mol. The van der Waals surface area contributed by atoms with Crippen molar-refractivity contribution in [3.63, 3.8) is 0 Å². The van der Waals surface area contributed by atoms with Crippen LogP contribution in [0.25, 0.3) is 11.0 Å². The van der Waals surface area contributed by atoms with Crippen LogP contribution < -0.4 is 5.63 Å². The van der Waals surface area contributed by atoms with E-state index in [2.05, 4.69) is 17.2 Å². The van der Waals surface area contributed by atoms with E-state index in [9.17, 15) is 9.90 Å². The smallest absolute Gasteiger partial charge is 0.368 e. The number of fused-ring (bicyclic) bond motifs is 1. The molecule has 0 aliphatic rings. The van der Waals surface area contributed by atoms with E-state index >= 15 is 0 Å². The van der Waals surface area contributed by atoms with Gasteiger partial charge in [0.05, 0.1) is 11.1 Å². The molecule has 110 valence electrons. The van der Waals surface area contributed by atoms with Crippen molar-refractivity contribution >= 4 is 22.3 Å². The Morgan fingerprint density at radius 3 is 2.50 bits per heavy atom. The highest BCUT2D eigenvalue weighted by atomic mass is 16.4. The number of hydrogen-bond donors (Lipinski definition) is 1. The molecule has 5 heteroatoms. The van der Waals surface area contributed by atoms with Gasteiger partial charge in [-0.1, -0.05) is 31.2 Å². The van der Waals surface area contributed by atoms with Crippen molar-refractivity contribution in [1.82, 2.24) is 0 Å². The second kappa shape index (κ2) is 5.81. The third-order valence-corrected chi connectivity index (χ3v) is 3.37. The SMILES string of the molecule is CCc1ccc(N=Nc2c(O)c3ccccc3oc2=O)cc1. The topological polar surface area (TPSA) is 75.2 Å². The predicted octanol–water partition coefficient (Wildman–Crippen LogP) is 4.48. The van der Waals surface area contributed by atoms with Crippen LogP contribution in [0.1, 0.15) is 12.5 Å². The molecule has 0 aliphatic heterocycles. The molecule has 2 aromatic carbocycles. The van der Waals surface area contributed by atoms with Gasteiger partial charge >= 0.3 is 5.63 Å². The Balaban J connectivity index is 2.02. The molecule has 0 atom stereocenters. The summed E-state index contributed by atoms with van der Waals surface area (Å²) < 4.78 is 5.13. The first-order valence-corrected chi connectivity index (χ1v) is 6.94. The zero-order chi connectivity index (χ0) is 15.5. The minimum Gasteiger partial charge on any atom is -0.505 e. The highest BCUT2D eigenvalue weighted by Crippen LogP contribution is 2.32. The number of benzene rings is 2. The molecule has 1 aromatic heterocycles. The average molecular weight is 294 g/mol. The molecule has 0 saturated heterocycles. The number of aromatic hydroxyl groups is 1. The van der Waals surface area contributed by atoms with Gasteiger partial charge in [0.2, 0.25) is 5.69 Å². The Kier molecular flexibility index (Phi) is 3.70. The zero-order valence-electron chi connectivity index (χ0n) is 12.0. The van der Waals surface area contributed by atoms with E-state index in [-0.39, 0.29) is 11.4 Å². The molecule has 0 spiro atoms. The number of hydrogen-bond acceptors (Lipinski definition) is 5. The first-order valence-electron chi connectivity index (χ1n) is 6.94. The summed E-state index contributed by atoms with van der Waals surface area (Å²) in [6, 6.07) is 14.2. The summed E-state index contributed by atoms with van der Waals surface area (Å²) in [5.41, 5.74) is 1.19. The molecule has 0 amide bonds. The fourth-order valence-electron chi connectivity index (χ4n) is 2.12. The van der Waals surface area contributed by atoms with Gasteiger partial charge in [-0.2, -0.15) is 5.11 Å². The summed E-state index contributed by atoms with van der Waals surface area (Å²) in [5.74, 6) is -0.222. The lowest BCUT2D eigenvalue weighted by Crippen LogP contribution is -1.98. The van der Waals surface area contributed by atoms with Crippen molar-refractivity contribution in [2.24, 2.45) is 10.2 Å². The van der Waals surface area contributed by atoms with Crippen LogP contribution in [0.2, 0.25) is 0 Å². The van der Waals surface area contributed by atoms with Crippen molar-refractivity contribution < 1.29 is 9.52 Å². The summed E-state index contributed by atoms with van der Waals surface area (Å²) in [6.07, 6.45) is 0.937. The van der Waals surface area contributed by atoms with Crippen LogP contribution in [-0.2, 0) is 6.42 Å². The van der Waals surface area contributed by atoms with Gasteiger partial charge in [-0.15, -0.1) is 5.11 Å². The van der Waals surface area contributed by atoms with Crippen molar-refractivity contribution in [3.8, 4) is 5.75 Å². The molecule has 0 radical (unpaired) electrons. The maximum absolute atomic E-state index is 11.9. The number of para-hydroxylation sites is 1. The molecule has 0 bridgehead atoms. The molecule has 0 saturated carbocycles. The van der Waals surface area contributed by atoms with Gasteiger partial charge in [0.25, 0.3) is 0 Å². The molecule has 1 heterocycles. The lowest BCUT2D eigenvalue weighted by molar-refractivity contribution is 0.469. The standard InChI is InChI=1S/C17H14N2O3/c1-2-11-7-9-12(10-8-11)18-19-15-16(20)13-5-3-4-6-14(13)22-17(15)21/h3-10,20H,2H2,1H3. The molecule has 3 rings (SSSR count). The minimum absolute atomic E-state index is 0.196. The Hall–Kier alpha value is -2.95. The van der Waals surface area contributed by atoms with Crippen LogP contribution in [-0.4, -0.2) is 5.11 Å². The fourth-order valence-corrected chi connectivity index (χ4v) is 2.12. The minimum atomic E-state index is -0.717. The molecule has 1 N–H and O–H groups in total. The van der Waals surface area contributed by atoms with Crippen LogP contribution in [0.5, 0.6) is 5.75 Å². The largest absolute Gasteiger partial charge is 0.505 e. The molecule has 0 fully saturated rings. The first kappa shape index (κ1) is 14.0. The zero-order valence-corrected chi connectivity index (χ0v) is 12.0. The summed E-state index contributed by atoms with van der Waals surface area (Å²) in [7, 11) is 0. The molecule has 3 aromatic rings. The van der Waals surface area contributed by atoms with E-state index in [1.807, 2.05) is 24.3 Å². The van der Waals surface area contributed by atoms with Gasteiger partial charge in [-0.05, 0) is 36.2 Å². The normalized spacial score (nSPS) is 11.3. The van der Waals surface area contributed by atoms with E-state index in [1.54, 1.807) is 24.3 Å². The maximum Gasteiger partial charge on any atom is 0.368 e. The highest BCUT2D eigenvalue weighted by Gasteiger charge is 2.13. The van der Waals surface area contributed by atoms with Crippen molar-refractivity contribution in [2.45, 2.75) is 13.3 Å². The van der Waals surface area contributed by atoms with Crippen LogP contribution in [0.3, 0.4) is 0 Å². The van der Waals surface area contributed by atoms with E-state index in [4.69, 9.17) is 4.42 Å². The number of nitrogens with zero attached hydrogens (tertiary/aromatic N) is 2. The fraction of sp³-hybridized carbons (Fsp3) is 0.118. The van der Waals surface area contributed by atoms with Gasteiger partial charge in [0.15, 0.2) is 5.75 Å². The third-order valence-electron chi connectivity index (χ3n) is 3.37. The van der Waals surface area contributed by atoms with Crippen molar-refractivity contribution in [1.29, 1.82) is 0 Å². The Bertz CT molecular complexity index is 896. The second-order valence-corrected chi connectivity index (χ2v) is 4.80. The Morgan fingerprint density at radius 1 is 1.05 bits per heavy atom. The second-order valence-electron chi connectivity index (χ2n) is 4.80. The maximum atomic E-state index is 11.9. The van der Waals surface area contributed by atoms with Gasteiger partial charge in [0, 0.05) is 0 Å². The summed E-state index contributed by atoms with van der Waals surface area (Å²) in [5, 5.41) is 18.4. The number of aryl methyl sites for hydroxylation is 1. The summed E-state index contributed by atoms with van der Waals surface area (Å²) in [4.78, 5) is 11.9. The first-order chi connectivity index (χ1) is 10.7. The highest BCUT2D eigenvalue weighted by molar-refractivity contribution is 5.87. The molecule has 22 heavy (non-hydrogen) atoms.